The third-order valence-electron chi connectivity index (χ3n) is 3.22. The Morgan fingerprint density at radius 2 is 1.91 bits per heavy atom. The molecule has 22 heavy (non-hydrogen) atoms. The first-order valence-electron chi connectivity index (χ1n) is 7.20. The molecule has 1 N–H and O–H groups in total. The van der Waals surface area contributed by atoms with Crippen LogP contribution in [0.1, 0.15) is 27.2 Å². The van der Waals surface area contributed by atoms with Gasteiger partial charge in [0.1, 0.15) is 11.6 Å². The minimum atomic E-state index is -0.984. The Hall–Kier alpha value is -1.69. The van der Waals surface area contributed by atoms with Crippen molar-refractivity contribution in [3.8, 4) is 0 Å². The van der Waals surface area contributed by atoms with Crippen LogP contribution in [0, 0.1) is 0 Å². The molecule has 2 rings (SSSR count). The van der Waals surface area contributed by atoms with E-state index in [1.807, 2.05) is 30.3 Å². The van der Waals surface area contributed by atoms with Gasteiger partial charge in [0.2, 0.25) is 0 Å². The monoisotopic (exact) mass is 323 g/mol. The first-order chi connectivity index (χ1) is 10.3. The van der Waals surface area contributed by atoms with Crippen LogP contribution in [-0.4, -0.2) is 45.5 Å². The van der Waals surface area contributed by atoms with Gasteiger partial charge in [-0.2, -0.15) is 0 Å². The number of carbonyl (C=O) groups excluding carboxylic acids is 1. The van der Waals surface area contributed by atoms with Crippen LogP contribution < -0.4 is 0 Å². The average Bonchev–Trinajstić information content (AvgIpc) is 2.82. The summed E-state index contributed by atoms with van der Waals surface area (Å²) in [4.78, 5) is 26.0. The molecule has 0 aromatic heterocycles. The summed E-state index contributed by atoms with van der Waals surface area (Å²) >= 11 is 1.60. The van der Waals surface area contributed by atoms with Crippen LogP contribution in [0.5, 0.6) is 0 Å². The van der Waals surface area contributed by atoms with Crippen LogP contribution in [0.4, 0.5) is 4.79 Å². The van der Waals surface area contributed by atoms with Crippen molar-refractivity contribution in [3.63, 3.8) is 0 Å². The zero-order chi connectivity index (χ0) is 16.3. The van der Waals surface area contributed by atoms with Gasteiger partial charge in [0.25, 0.3) is 0 Å². The van der Waals surface area contributed by atoms with Crippen LogP contribution in [0.3, 0.4) is 0 Å². The van der Waals surface area contributed by atoms with Gasteiger partial charge >= 0.3 is 12.1 Å². The fourth-order valence-electron chi connectivity index (χ4n) is 2.33. The second-order valence-electron chi connectivity index (χ2n) is 6.28. The zero-order valence-electron chi connectivity index (χ0n) is 13.0. The Balaban J connectivity index is 2.06. The van der Waals surface area contributed by atoms with Gasteiger partial charge in [0.05, 0.1) is 0 Å². The minimum Gasteiger partial charge on any atom is -0.480 e. The van der Waals surface area contributed by atoms with Gasteiger partial charge < -0.3 is 9.84 Å². The first kappa shape index (κ1) is 16.7. The number of hydrogen-bond donors (Lipinski definition) is 1. The molecular formula is C16H21NO4S. The fraction of sp³-hybridized carbons (Fsp3) is 0.500. The summed E-state index contributed by atoms with van der Waals surface area (Å²) in [6.45, 7) is 5.69. The van der Waals surface area contributed by atoms with Crippen molar-refractivity contribution in [2.24, 2.45) is 0 Å². The summed E-state index contributed by atoms with van der Waals surface area (Å²) in [5.74, 6) is -0.984. The summed E-state index contributed by atoms with van der Waals surface area (Å²) < 4.78 is 5.31. The molecule has 1 aliphatic rings. The summed E-state index contributed by atoms with van der Waals surface area (Å²) in [7, 11) is 0. The molecular weight excluding hydrogens is 302 g/mol. The van der Waals surface area contributed by atoms with Gasteiger partial charge in [0.15, 0.2) is 0 Å². The van der Waals surface area contributed by atoms with Crippen molar-refractivity contribution in [1.82, 2.24) is 4.90 Å². The van der Waals surface area contributed by atoms with E-state index in [2.05, 4.69) is 0 Å². The quantitative estimate of drug-likeness (QED) is 0.925. The van der Waals surface area contributed by atoms with Gasteiger partial charge in [0, 0.05) is 16.7 Å². The lowest BCUT2D eigenvalue weighted by Gasteiger charge is -2.26. The Kier molecular flexibility index (Phi) is 5.01. The third kappa shape index (κ3) is 4.40. The van der Waals surface area contributed by atoms with E-state index in [0.29, 0.717) is 13.0 Å². The maximum Gasteiger partial charge on any atom is 0.411 e. The maximum absolute atomic E-state index is 12.2. The number of aliphatic carboxylic acids is 1. The molecule has 1 aromatic rings. The minimum absolute atomic E-state index is 0.0519. The summed E-state index contributed by atoms with van der Waals surface area (Å²) in [5.41, 5.74) is -0.634. The summed E-state index contributed by atoms with van der Waals surface area (Å²) in [6.07, 6.45) is -0.134. The van der Waals surface area contributed by atoms with Crippen molar-refractivity contribution in [3.05, 3.63) is 30.3 Å². The highest BCUT2D eigenvalue weighted by atomic mass is 32.2. The highest BCUT2D eigenvalue weighted by Crippen LogP contribution is 2.33. The summed E-state index contributed by atoms with van der Waals surface area (Å²) in [5, 5.41) is 9.41. The van der Waals surface area contributed by atoms with E-state index in [9.17, 15) is 14.7 Å². The molecule has 1 heterocycles. The fourth-order valence-corrected chi connectivity index (χ4v) is 3.54. The number of ether oxygens (including phenoxy) is 1. The SMILES string of the molecule is CC(C)(C)OC(=O)N1CC(Sc2ccccc2)C[C@@H]1C(=O)O. The topological polar surface area (TPSA) is 66.8 Å². The normalized spacial score (nSPS) is 21.7. The molecule has 1 amide bonds. The highest BCUT2D eigenvalue weighted by molar-refractivity contribution is 8.00. The number of thioether (sulfide) groups is 1. The van der Waals surface area contributed by atoms with Crippen molar-refractivity contribution in [2.45, 2.75) is 49.0 Å². The molecule has 1 saturated heterocycles. The molecule has 1 unspecified atom stereocenters. The Bertz CT molecular complexity index is 541. The van der Waals surface area contributed by atoms with Crippen LogP contribution in [-0.2, 0) is 9.53 Å². The largest absolute Gasteiger partial charge is 0.480 e. The van der Waals surface area contributed by atoms with Gasteiger partial charge in [-0.25, -0.2) is 9.59 Å². The highest BCUT2D eigenvalue weighted by Gasteiger charge is 2.41. The lowest BCUT2D eigenvalue weighted by atomic mass is 10.2. The number of benzene rings is 1. The predicted molar refractivity (Wildman–Crippen MR) is 85.1 cm³/mol. The van der Waals surface area contributed by atoms with Crippen LogP contribution in [0.2, 0.25) is 0 Å². The Labute approximate surface area is 134 Å². The summed E-state index contributed by atoms with van der Waals surface area (Å²) in [6, 6.07) is 8.96. The van der Waals surface area contributed by atoms with Crippen LogP contribution in [0.25, 0.3) is 0 Å². The van der Waals surface area contributed by atoms with Gasteiger partial charge in [-0.3, -0.25) is 4.90 Å². The lowest BCUT2D eigenvalue weighted by molar-refractivity contribution is -0.142. The van der Waals surface area contributed by atoms with E-state index in [-0.39, 0.29) is 5.25 Å². The molecule has 2 atom stereocenters. The molecule has 1 aromatic carbocycles. The maximum atomic E-state index is 12.2. The number of carboxylic acids is 1. The van der Waals surface area contributed by atoms with E-state index >= 15 is 0 Å². The number of amides is 1. The molecule has 0 saturated carbocycles. The number of nitrogens with zero attached hydrogens (tertiary/aromatic N) is 1. The van der Waals surface area contributed by atoms with E-state index in [4.69, 9.17) is 4.74 Å². The molecule has 1 fully saturated rings. The predicted octanol–water partition coefficient (Wildman–Crippen LogP) is 3.24. The Morgan fingerprint density at radius 1 is 1.27 bits per heavy atom. The second kappa shape index (κ2) is 6.60. The van der Waals surface area contributed by atoms with E-state index in [0.717, 1.165) is 4.90 Å². The number of likely N-dealkylation sites (tertiary alicyclic amines) is 1. The van der Waals surface area contributed by atoms with Crippen LogP contribution in [0.15, 0.2) is 35.2 Å². The standard InChI is InChI=1S/C16H21NO4S/c1-16(2,3)21-15(20)17-10-12(9-13(17)14(18)19)22-11-7-5-4-6-8-11/h4-8,12-13H,9-10H2,1-3H3,(H,18,19)/t12?,13-/m1/s1. The van der Waals surface area contributed by atoms with Crippen molar-refractivity contribution in [1.29, 1.82) is 0 Å². The number of carboxylic acid groups (broad SMARTS) is 1. The number of carbonyl (C=O) groups is 2. The molecule has 5 nitrogen and oxygen atoms in total. The number of rotatable bonds is 3. The molecule has 120 valence electrons. The number of hydrogen-bond acceptors (Lipinski definition) is 4. The molecule has 1 aliphatic heterocycles. The van der Waals surface area contributed by atoms with Crippen molar-refractivity contribution < 1.29 is 19.4 Å². The van der Waals surface area contributed by atoms with E-state index in [1.54, 1.807) is 32.5 Å². The van der Waals surface area contributed by atoms with Crippen LogP contribution >= 0.6 is 11.8 Å². The molecule has 0 aliphatic carbocycles. The van der Waals surface area contributed by atoms with Gasteiger partial charge in [-0.05, 0) is 39.3 Å². The zero-order valence-corrected chi connectivity index (χ0v) is 13.8. The van der Waals surface area contributed by atoms with Crippen molar-refractivity contribution >= 4 is 23.8 Å². The van der Waals surface area contributed by atoms with E-state index in [1.165, 1.54) is 4.90 Å². The third-order valence-corrected chi connectivity index (χ3v) is 4.44. The van der Waals surface area contributed by atoms with Gasteiger partial charge in [-0.1, -0.05) is 18.2 Å². The second-order valence-corrected chi connectivity index (χ2v) is 7.65. The van der Waals surface area contributed by atoms with Crippen molar-refractivity contribution in [2.75, 3.05) is 6.54 Å². The molecule has 6 heteroatoms. The lowest BCUT2D eigenvalue weighted by Crippen LogP contribution is -2.43. The molecule has 0 radical (unpaired) electrons. The van der Waals surface area contributed by atoms with Gasteiger partial charge in [-0.15, -0.1) is 11.8 Å². The molecule has 0 spiro atoms. The Morgan fingerprint density at radius 3 is 2.45 bits per heavy atom. The average molecular weight is 323 g/mol. The van der Waals surface area contributed by atoms with E-state index < -0.39 is 23.7 Å². The smallest absolute Gasteiger partial charge is 0.411 e. The first-order valence-corrected chi connectivity index (χ1v) is 8.08. The molecule has 0 bridgehead atoms.